The molecule has 8 heteroatoms. The zero-order chi connectivity index (χ0) is 13.2. The van der Waals surface area contributed by atoms with Crippen LogP contribution in [0.2, 0.25) is 0 Å². The predicted molar refractivity (Wildman–Crippen MR) is 60.4 cm³/mol. The summed E-state index contributed by atoms with van der Waals surface area (Å²) in [6, 6.07) is 0. The molecule has 18 heavy (non-hydrogen) atoms. The number of aliphatic carboxylic acids is 1. The van der Waals surface area contributed by atoms with Gasteiger partial charge in [0.15, 0.2) is 5.54 Å². The first-order valence-electron chi connectivity index (χ1n) is 5.38. The van der Waals surface area contributed by atoms with Crippen LogP contribution in [0.4, 0.5) is 0 Å². The lowest BCUT2D eigenvalue weighted by Gasteiger charge is -2.23. The molecule has 2 heterocycles. The molecule has 0 saturated carbocycles. The van der Waals surface area contributed by atoms with Crippen molar-refractivity contribution in [1.82, 2.24) is 30.2 Å². The summed E-state index contributed by atoms with van der Waals surface area (Å²) in [4.78, 5) is 19.4. The van der Waals surface area contributed by atoms with Crippen LogP contribution in [0.25, 0.3) is 11.5 Å². The largest absolute Gasteiger partial charge is 0.479 e. The molecule has 0 fully saturated rings. The minimum Gasteiger partial charge on any atom is -0.479 e. The summed E-state index contributed by atoms with van der Waals surface area (Å²) in [6.07, 6.45) is 4.85. The number of carboxylic acid groups (broad SMARTS) is 1. The average molecular weight is 248 g/mol. The first-order chi connectivity index (χ1) is 8.59. The Morgan fingerprint density at radius 1 is 1.50 bits per heavy atom. The van der Waals surface area contributed by atoms with Crippen molar-refractivity contribution in [2.75, 3.05) is 0 Å². The van der Waals surface area contributed by atoms with Gasteiger partial charge in [0.2, 0.25) is 5.82 Å². The average Bonchev–Trinajstić information content (AvgIpc) is 2.88. The van der Waals surface area contributed by atoms with Gasteiger partial charge >= 0.3 is 5.97 Å². The van der Waals surface area contributed by atoms with E-state index in [1.54, 1.807) is 13.8 Å². The van der Waals surface area contributed by atoms with Crippen LogP contribution in [0.15, 0.2) is 18.6 Å². The second-order valence-corrected chi connectivity index (χ2v) is 3.94. The SMILES string of the molecule is CCC(C)(C(=O)O)n1nnnc1-c1cnccn1. The fourth-order valence-electron chi connectivity index (χ4n) is 1.49. The molecule has 2 rings (SSSR count). The molecule has 1 atom stereocenters. The van der Waals surface area contributed by atoms with Crippen molar-refractivity contribution in [3.8, 4) is 11.5 Å². The third-order valence-corrected chi connectivity index (χ3v) is 2.88. The lowest BCUT2D eigenvalue weighted by Crippen LogP contribution is -2.39. The maximum atomic E-state index is 11.4. The molecule has 2 aromatic heterocycles. The highest BCUT2D eigenvalue weighted by Gasteiger charge is 2.37. The Balaban J connectivity index is 2.55. The van der Waals surface area contributed by atoms with E-state index < -0.39 is 11.5 Å². The summed E-state index contributed by atoms with van der Waals surface area (Å²) in [7, 11) is 0. The molecule has 0 radical (unpaired) electrons. The number of carbonyl (C=O) groups is 1. The van der Waals surface area contributed by atoms with Crippen LogP contribution in [-0.4, -0.2) is 41.3 Å². The number of aromatic nitrogens is 6. The first-order valence-corrected chi connectivity index (χ1v) is 5.38. The maximum Gasteiger partial charge on any atom is 0.331 e. The van der Waals surface area contributed by atoms with Gasteiger partial charge in [-0.2, -0.15) is 0 Å². The van der Waals surface area contributed by atoms with Crippen molar-refractivity contribution in [2.45, 2.75) is 25.8 Å². The summed E-state index contributed by atoms with van der Waals surface area (Å²) in [5.74, 6) is -0.711. The Kier molecular flexibility index (Phi) is 3.00. The van der Waals surface area contributed by atoms with Gasteiger partial charge in [-0.3, -0.25) is 4.98 Å². The van der Waals surface area contributed by atoms with Gasteiger partial charge in [0.25, 0.3) is 0 Å². The van der Waals surface area contributed by atoms with Crippen molar-refractivity contribution < 1.29 is 9.90 Å². The molecule has 0 aliphatic carbocycles. The number of hydrogen-bond acceptors (Lipinski definition) is 6. The van der Waals surface area contributed by atoms with Gasteiger partial charge in [0.05, 0.1) is 6.20 Å². The van der Waals surface area contributed by atoms with Crippen LogP contribution in [0.1, 0.15) is 20.3 Å². The summed E-state index contributed by atoms with van der Waals surface area (Å²) >= 11 is 0. The zero-order valence-corrected chi connectivity index (χ0v) is 9.98. The summed E-state index contributed by atoms with van der Waals surface area (Å²) in [5, 5.41) is 20.4. The van der Waals surface area contributed by atoms with Crippen LogP contribution < -0.4 is 0 Å². The molecule has 94 valence electrons. The number of carboxylic acids is 1. The molecule has 0 spiro atoms. The second-order valence-electron chi connectivity index (χ2n) is 3.94. The molecule has 2 aromatic rings. The van der Waals surface area contributed by atoms with Gasteiger partial charge in [-0.05, 0) is 23.8 Å². The van der Waals surface area contributed by atoms with Crippen LogP contribution in [0.5, 0.6) is 0 Å². The van der Waals surface area contributed by atoms with E-state index in [0.717, 1.165) is 0 Å². The summed E-state index contributed by atoms with van der Waals surface area (Å²) < 4.78 is 1.26. The van der Waals surface area contributed by atoms with Crippen molar-refractivity contribution in [3.63, 3.8) is 0 Å². The molecule has 0 saturated heterocycles. The van der Waals surface area contributed by atoms with Gasteiger partial charge in [0, 0.05) is 12.4 Å². The van der Waals surface area contributed by atoms with Gasteiger partial charge in [-0.15, -0.1) is 5.10 Å². The molecular formula is C10H12N6O2. The Morgan fingerprint density at radius 2 is 2.28 bits per heavy atom. The molecule has 0 amide bonds. The van der Waals surface area contributed by atoms with Crippen LogP contribution in [0, 0.1) is 0 Å². The Hall–Kier alpha value is -2.38. The van der Waals surface area contributed by atoms with Crippen LogP contribution >= 0.6 is 0 Å². The van der Waals surface area contributed by atoms with E-state index in [4.69, 9.17) is 0 Å². The van der Waals surface area contributed by atoms with E-state index in [1.807, 2.05) is 0 Å². The predicted octanol–water partition coefficient (Wildman–Crippen LogP) is 0.340. The molecule has 0 aromatic carbocycles. The van der Waals surface area contributed by atoms with E-state index in [0.29, 0.717) is 12.1 Å². The maximum absolute atomic E-state index is 11.4. The highest BCUT2D eigenvalue weighted by Crippen LogP contribution is 2.24. The lowest BCUT2D eigenvalue weighted by atomic mass is 9.99. The van der Waals surface area contributed by atoms with Crippen LogP contribution in [0.3, 0.4) is 0 Å². The minimum atomic E-state index is -1.21. The highest BCUT2D eigenvalue weighted by molar-refractivity contribution is 5.76. The fourth-order valence-corrected chi connectivity index (χ4v) is 1.49. The van der Waals surface area contributed by atoms with E-state index in [-0.39, 0.29) is 5.82 Å². The molecule has 0 aliphatic rings. The first kappa shape index (κ1) is 12.1. The van der Waals surface area contributed by atoms with E-state index in [9.17, 15) is 9.90 Å². The number of nitrogens with zero attached hydrogens (tertiary/aromatic N) is 6. The normalized spacial score (nSPS) is 14.1. The quantitative estimate of drug-likeness (QED) is 0.831. The van der Waals surface area contributed by atoms with Gasteiger partial charge in [0.1, 0.15) is 5.69 Å². The number of hydrogen-bond donors (Lipinski definition) is 1. The Bertz CT molecular complexity index is 555. The monoisotopic (exact) mass is 248 g/mol. The summed E-state index contributed by atoms with van der Waals surface area (Å²) in [6.45, 7) is 3.32. The highest BCUT2D eigenvalue weighted by atomic mass is 16.4. The molecule has 0 bridgehead atoms. The van der Waals surface area contributed by atoms with Gasteiger partial charge < -0.3 is 5.11 Å². The van der Waals surface area contributed by atoms with Crippen molar-refractivity contribution >= 4 is 5.97 Å². The molecular weight excluding hydrogens is 236 g/mol. The van der Waals surface area contributed by atoms with E-state index in [1.165, 1.54) is 23.3 Å². The topological polar surface area (TPSA) is 107 Å². The molecule has 1 N–H and O–H groups in total. The van der Waals surface area contributed by atoms with Crippen LogP contribution in [-0.2, 0) is 10.3 Å². The third-order valence-electron chi connectivity index (χ3n) is 2.88. The van der Waals surface area contributed by atoms with E-state index in [2.05, 4.69) is 25.5 Å². The number of rotatable bonds is 4. The van der Waals surface area contributed by atoms with Crippen molar-refractivity contribution in [1.29, 1.82) is 0 Å². The fraction of sp³-hybridized carbons (Fsp3) is 0.400. The molecule has 1 unspecified atom stereocenters. The summed E-state index contributed by atoms with van der Waals surface area (Å²) in [5.41, 5.74) is -0.778. The Morgan fingerprint density at radius 3 is 2.83 bits per heavy atom. The Labute approximate surface area is 103 Å². The smallest absolute Gasteiger partial charge is 0.331 e. The zero-order valence-electron chi connectivity index (χ0n) is 9.98. The van der Waals surface area contributed by atoms with Gasteiger partial charge in [-0.1, -0.05) is 6.92 Å². The minimum absolute atomic E-state index is 0.287. The lowest BCUT2D eigenvalue weighted by molar-refractivity contribution is -0.147. The third kappa shape index (κ3) is 1.81. The standard InChI is InChI=1S/C10H12N6O2/c1-3-10(2,9(17)18)16-8(13-14-15-16)7-6-11-4-5-12-7/h4-6H,3H2,1-2H3,(H,17,18). The van der Waals surface area contributed by atoms with Gasteiger partial charge in [-0.25, -0.2) is 14.5 Å². The van der Waals surface area contributed by atoms with Crippen molar-refractivity contribution in [2.24, 2.45) is 0 Å². The van der Waals surface area contributed by atoms with E-state index >= 15 is 0 Å². The number of tetrazole rings is 1. The second kappa shape index (κ2) is 4.47. The van der Waals surface area contributed by atoms with Crippen molar-refractivity contribution in [3.05, 3.63) is 18.6 Å². The molecule has 8 nitrogen and oxygen atoms in total. The molecule has 0 aliphatic heterocycles.